The average Bonchev–Trinajstić information content (AvgIpc) is 2.84. The van der Waals surface area contributed by atoms with E-state index in [2.05, 4.69) is 40.4 Å². The second-order valence-electron chi connectivity index (χ2n) is 8.16. The fraction of sp³-hybridized carbons (Fsp3) is 0.667. The smallest absolute Gasteiger partial charge is 0.430 e. The number of aliphatic hydroxyl groups is 1. The van der Waals surface area contributed by atoms with Gasteiger partial charge in [0.15, 0.2) is 8.32 Å². The Morgan fingerprint density at radius 2 is 2.07 bits per heavy atom. The lowest BCUT2D eigenvalue weighted by molar-refractivity contribution is -0.155. The first kappa shape index (κ1) is 22.0. The molecule has 27 heavy (non-hydrogen) atoms. The van der Waals surface area contributed by atoms with Crippen molar-refractivity contribution >= 4 is 32.1 Å². The van der Waals surface area contributed by atoms with Crippen LogP contribution in [0.15, 0.2) is 23.4 Å². The molecule has 1 saturated heterocycles. The van der Waals surface area contributed by atoms with Crippen LogP contribution in [0.5, 0.6) is 0 Å². The normalized spacial score (nSPS) is 23.7. The molecule has 0 unspecified atom stereocenters. The number of β-lactam (4-membered cyclic amide) rings is 1. The molecule has 2 rings (SSSR count). The van der Waals surface area contributed by atoms with E-state index in [1.807, 2.05) is 6.92 Å². The van der Waals surface area contributed by atoms with Gasteiger partial charge in [-0.25, -0.2) is 4.79 Å². The number of nitrogens with zero attached hydrogens (tertiary/aromatic N) is 1. The molecule has 1 amide bonds. The highest BCUT2D eigenvalue weighted by atomic mass is 32.2. The summed E-state index contributed by atoms with van der Waals surface area (Å²) in [6, 6.07) is 0. The van der Waals surface area contributed by atoms with Gasteiger partial charge in [0, 0.05) is 0 Å². The van der Waals surface area contributed by atoms with Gasteiger partial charge in [-0.15, -0.1) is 0 Å². The van der Waals surface area contributed by atoms with Gasteiger partial charge in [0.05, 0.1) is 23.5 Å². The number of carbonyl (C=O) groups is 2. The Labute approximate surface area is 165 Å². The number of rotatable bonds is 7. The first-order valence-corrected chi connectivity index (χ1v) is 12.7. The fourth-order valence-electron chi connectivity index (χ4n) is 2.75. The van der Waals surface area contributed by atoms with Crippen LogP contribution in [0.1, 0.15) is 27.7 Å². The van der Waals surface area contributed by atoms with E-state index in [4.69, 9.17) is 13.9 Å². The van der Waals surface area contributed by atoms with Crippen LogP contribution < -0.4 is 0 Å². The van der Waals surface area contributed by atoms with Crippen LogP contribution in [-0.2, 0) is 18.7 Å². The second-order valence-corrected chi connectivity index (χ2v) is 14.1. The Balaban J connectivity index is 2.09. The summed E-state index contributed by atoms with van der Waals surface area (Å²) in [6.45, 7) is 15.8. The van der Waals surface area contributed by atoms with E-state index in [1.165, 1.54) is 22.7 Å². The van der Waals surface area contributed by atoms with Crippen molar-refractivity contribution in [2.45, 2.75) is 57.3 Å². The van der Waals surface area contributed by atoms with Gasteiger partial charge in [0.1, 0.15) is 12.0 Å². The third kappa shape index (κ3) is 4.26. The molecule has 0 saturated carbocycles. The van der Waals surface area contributed by atoms with E-state index in [9.17, 15) is 14.7 Å². The zero-order chi connectivity index (χ0) is 20.6. The predicted molar refractivity (Wildman–Crippen MR) is 106 cm³/mol. The molecule has 2 aliphatic rings. The minimum absolute atomic E-state index is 0.00506. The van der Waals surface area contributed by atoms with E-state index in [1.54, 1.807) is 0 Å². The maximum absolute atomic E-state index is 12.8. The lowest BCUT2D eigenvalue weighted by atomic mass is 9.93. The Morgan fingerprint density at radius 3 is 2.59 bits per heavy atom. The SMILES string of the molecule is C=CCOC(=O)OC1=C(CO)S[C@@H]2[C@H]([C@@H](C)O[Si](C)(C)C(C)(C)C)C(=O)N12. The van der Waals surface area contributed by atoms with Crippen molar-refractivity contribution in [1.29, 1.82) is 0 Å². The van der Waals surface area contributed by atoms with Crippen molar-refractivity contribution < 1.29 is 28.6 Å². The Bertz CT molecular complexity index is 657. The predicted octanol–water partition coefficient (Wildman–Crippen LogP) is 3.43. The summed E-state index contributed by atoms with van der Waals surface area (Å²) in [7, 11) is -2.03. The second kappa shape index (κ2) is 7.98. The van der Waals surface area contributed by atoms with Gasteiger partial charge in [-0.1, -0.05) is 45.2 Å². The number of aliphatic hydroxyl groups excluding tert-OH is 1. The molecule has 9 heteroatoms. The fourth-order valence-corrected chi connectivity index (χ4v) is 5.58. The molecule has 7 nitrogen and oxygen atoms in total. The molecule has 1 N–H and O–H groups in total. The monoisotopic (exact) mass is 415 g/mol. The molecule has 0 radical (unpaired) electrons. The summed E-state index contributed by atoms with van der Waals surface area (Å²) < 4.78 is 16.3. The molecule has 1 fully saturated rings. The summed E-state index contributed by atoms with van der Waals surface area (Å²) in [5.74, 6) is -0.466. The van der Waals surface area contributed by atoms with Crippen LogP contribution in [-0.4, -0.2) is 55.1 Å². The maximum Gasteiger partial charge on any atom is 0.515 e. The molecule has 0 aromatic rings. The molecule has 0 aromatic heterocycles. The number of fused-ring (bicyclic) bond motifs is 1. The lowest BCUT2D eigenvalue weighted by Crippen LogP contribution is -2.62. The molecule has 2 aliphatic heterocycles. The van der Waals surface area contributed by atoms with E-state index in [0.29, 0.717) is 4.91 Å². The summed E-state index contributed by atoms with van der Waals surface area (Å²) in [5, 5.41) is 9.39. The van der Waals surface area contributed by atoms with E-state index < -0.39 is 14.5 Å². The number of hydrogen-bond donors (Lipinski definition) is 1. The third-order valence-electron chi connectivity index (χ3n) is 5.24. The van der Waals surface area contributed by atoms with Gasteiger partial charge in [-0.05, 0) is 25.1 Å². The minimum atomic E-state index is -2.03. The first-order chi connectivity index (χ1) is 12.4. The van der Waals surface area contributed by atoms with Crippen LogP contribution in [0.4, 0.5) is 4.79 Å². The van der Waals surface area contributed by atoms with E-state index >= 15 is 0 Å². The Morgan fingerprint density at radius 1 is 1.44 bits per heavy atom. The van der Waals surface area contributed by atoms with Crippen LogP contribution in [0, 0.1) is 5.92 Å². The Kier molecular flexibility index (Phi) is 6.50. The van der Waals surface area contributed by atoms with Crippen LogP contribution in [0.25, 0.3) is 0 Å². The first-order valence-electron chi connectivity index (χ1n) is 8.91. The van der Waals surface area contributed by atoms with Crippen molar-refractivity contribution in [1.82, 2.24) is 4.90 Å². The van der Waals surface area contributed by atoms with Crippen LogP contribution >= 0.6 is 11.8 Å². The van der Waals surface area contributed by atoms with E-state index in [-0.39, 0.29) is 47.4 Å². The number of thioether (sulfide) groups is 1. The highest BCUT2D eigenvalue weighted by Crippen LogP contribution is 2.51. The quantitative estimate of drug-likeness (QED) is 0.295. The summed E-state index contributed by atoms with van der Waals surface area (Å²) in [6.07, 6.45) is 0.220. The minimum Gasteiger partial charge on any atom is -0.430 e. The molecule has 0 aromatic carbocycles. The van der Waals surface area contributed by atoms with Gasteiger partial charge in [-0.2, -0.15) is 0 Å². The molecule has 0 spiro atoms. The van der Waals surface area contributed by atoms with Gasteiger partial charge < -0.3 is 19.0 Å². The van der Waals surface area contributed by atoms with Gasteiger partial charge in [0.2, 0.25) is 11.8 Å². The highest BCUT2D eigenvalue weighted by molar-refractivity contribution is 8.04. The highest BCUT2D eigenvalue weighted by Gasteiger charge is 2.58. The summed E-state index contributed by atoms with van der Waals surface area (Å²) in [4.78, 5) is 26.4. The van der Waals surface area contributed by atoms with Gasteiger partial charge >= 0.3 is 6.16 Å². The molecular formula is C18H29NO6SSi. The standard InChI is InChI=1S/C18H29NO6SSi/c1-8-9-23-17(22)24-15-12(10-20)26-16-13(14(21)19(15)16)11(2)25-27(6,7)18(3,4)5/h8,11,13,16,20H,1,9-10H2,2-7H3/t11-,13-,16-/m1/s1. The molecular weight excluding hydrogens is 386 g/mol. The number of amides is 1. The summed E-state index contributed by atoms with van der Waals surface area (Å²) in [5.41, 5.74) is 0. The zero-order valence-electron chi connectivity index (χ0n) is 16.8. The van der Waals surface area contributed by atoms with Crippen molar-refractivity contribution in [3.63, 3.8) is 0 Å². The van der Waals surface area contributed by atoms with E-state index in [0.717, 1.165) is 0 Å². The molecule has 2 heterocycles. The third-order valence-corrected chi connectivity index (χ3v) is 11.1. The van der Waals surface area contributed by atoms with Crippen molar-refractivity contribution in [2.75, 3.05) is 13.2 Å². The van der Waals surface area contributed by atoms with Crippen molar-refractivity contribution in [2.24, 2.45) is 5.92 Å². The molecule has 3 atom stereocenters. The van der Waals surface area contributed by atoms with Crippen molar-refractivity contribution in [3.8, 4) is 0 Å². The Hall–Kier alpha value is -1.29. The van der Waals surface area contributed by atoms with Gasteiger partial charge in [0.25, 0.3) is 0 Å². The number of carbonyl (C=O) groups excluding carboxylic acids is 2. The molecule has 0 bridgehead atoms. The lowest BCUT2D eigenvalue weighted by Gasteiger charge is -2.47. The number of ether oxygens (including phenoxy) is 2. The van der Waals surface area contributed by atoms with Crippen LogP contribution in [0.2, 0.25) is 18.1 Å². The molecule has 0 aliphatic carbocycles. The van der Waals surface area contributed by atoms with Crippen LogP contribution in [0.3, 0.4) is 0 Å². The maximum atomic E-state index is 12.8. The number of hydrogen-bond acceptors (Lipinski definition) is 7. The van der Waals surface area contributed by atoms with Gasteiger partial charge in [-0.3, -0.25) is 9.69 Å². The topological polar surface area (TPSA) is 85.3 Å². The zero-order valence-corrected chi connectivity index (χ0v) is 18.6. The summed E-state index contributed by atoms with van der Waals surface area (Å²) >= 11 is 1.33. The largest absolute Gasteiger partial charge is 0.515 e. The van der Waals surface area contributed by atoms with Crippen molar-refractivity contribution in [3.05, 3.63) is 23.4 Å². The average molecular weight is 416 g/mol. The molecule has 152 valence electrons.